The Bertz CT molecular complexity index is 394. The Labute approximate surface area is 88.3 Å². The van der Waals surface area contributed by atoms with E-state index >= 15 is 0 Å². The lowest BCUT2D eigenvalue weighted by Crippen LogP contribution is -2.49. The predicted octanol–water partition coefficient (Wildman–Crippen LogP) is 0.668. The van der Waals surface area contributed by atoms with Gasteiger partial charge in [0, 0.05) is 18.5 Å². The molecular weight excluding hydrogens is 192 g/mol. The van der Waals surface area contributed by atoms with E-state index in [0.29, 0.717) is 17.0 Å². The smallest absolute Gasteiger partial charge is 0.241 e. The Balaban J connectivity index is 1.80. The van der Waals surface area contributed by atoms with Gasteiger partial charge in [0.15, 0.2) is 0 Å². The Morgan fingerprint density at radius 2 is 2.20 bits per heavy atom. The molecule has 0 unspecified atom stereocenters. The zero-order valence-electron chi connectivity index (χ0n) is 8.73. The van der Waals surface area contributed by atoms with Crippen molar-refractivity contribution >= 4 is 11.6 Å². The molecule has 0 amide bonds. The molecule has 5 nitrogen and oxygen atoms in total. The maximum absolute atomic E-state index is 5.66. The summed E-state index contributed by atoms with van der Waals surface area (Å²) in [5, 5.41) is 0. The number of hydrogen-bond acceptors (Lipinski definition) is 5. The molecule has 3 rings (SSSR count). The second-order valence-corrected chi connectivity index (χ2v) is 4.49. The van der Waals surface area contributed by atoms with Crippen molar-refractivity contribution < 1.29 is 4.74 Å². The first-order chi connectivity index (χ1) is 7.22. The summed E-state index contributed by atoms with van der Waals surface area (Å²) in [7, 11) is 1.57. The van der Waals surface area contributed by atoms with Gasteiger partial charge in [-0.3, -0.25) is 0 Å². The highest BCUT2D eigenvalue weighted by molar-refractivity contribution is 5.51. The third-order valence-corrected chi connectivity index (χ3v) is 3.25. The highest BCUT2D eigenvalue weighted by Gasteiger charge is 2.53. The number of aromatic nitrogens is 2. The zero-order chi connectivity index (χ0) is 10.5. The van der Waals surface area contributed by atoms with Gasteiger partial charge in [-0.25, -0.2) is 4.98 Å². The van der Waals surface area contributed by atoms with Gasteiger partial charge in [0.1, 0.15) is 5.69 Å². The molecular formula is C10H14N4O. The molecule has 0 atom stereocenters. The Morgan fingerprint density at radius 1 is 1.47 bits per heavy atom. The third kappa shape index (κ3) is 1.30. The highest BCUT2D eigenvalue weighted by atomic mass is 16.5. The number of nitrogens with two attached hydrogens (primary N) is 1. The van der Waals surface area contributed by atoms with E-state index in [9.17, 15) is 0 Å². The van der Waals surface area contributed by atoms with Crippen molar-refractivity contribution in [1.82, 2.24) is 9.97 Å². The van der Waals surface area contributed by atoms with E-state index in [4.69, 9.17) is 10.5 Å². The topological polar surface area (TPSA) is 64.3 Å². The number of hydrogen-bond donors (Lipinski definition) is 1. The van der Waals surface area contributed by atoms with Crippen molar-refractivity contribution in [1.29, 1.82) is 0 Å². The summed E-state index contributed by atoms with van der Waals surface area (Å²) >= 11 is 0. The van der Waals surface area contributed by atoms with E-state index in [1.807, 2.05) is 0 Å². The Hall–Kier alpha value is -1.52. The Morgan fingerprint density at radius 3 is 2.80 bits per heavy atom. The van der Waals surface area contributed by atoms with Gasteiger partial charge in [0.2, 0.25) is 11.8 Å². The summed E-state index contributed by atoms with van der Waals surface area (Å²) in [5.74, 6) is 1.20. The lowest BCUT2D eigenvalue weighted by atomic mass is 9.98. The zero-order valence-corrected chi connectivity index (χ0v) is 8.73. The molecule has 1 aromatic rings. The van der Waals surface area contributed by atoms with E-state index in [1.54, 1.807) is 13.3 Å². The average Bonchev–Trinajstić information content (AvgIpc) is 2.96. The van der Waals surface area contributed by atoms with E-state index in [2.05, 4.69) is 14.9 Å². The summed E-state index contributed by atoms with van der Waals surface area (Å²) in [6, 6.07) is 0. The summed E-state index contributed by atoms with van der Waals surface area (Å²) in [6.45, 7) is 2.17. The standard InChI is InChI=1S/C10H14N4O/c1-15-8-7(11)4-12-9(13-8)14-5-10(6-14)2-3-10/h4H,2-3,5-6,11H2,1H3. The van der Waals surface area contributed by atoms with Crippen molar-refractivity contribution in [2.75, 3.05) is 30.8 Å². The molecule has 5 heteroatoms. The largest absolute Gasteiger partial charge is 0.479 e. The molecule has 0 radical (unpaired) electrons. The Kier molecular flexibility index (Phi) is 1.60. The molecule has 1 saturated carbocycles. The van der Waals surface area contributed by atoms with E-state index < -0.39 is 0 Å². The molecule has 0 bridgehead atoms. The van der Waals surface area contributed by atoms with Gasteiger partial charge >= 0.3 is 0 Å². The van der Waals surface area contributed by atoms with Crippen molar-refractivity contribution in [3.63, 3.8) is 0 Å². The number of rotatable bonds is 2. The summed E-state index contributed by atoms with van der Waals surface area (Å²) in [5.41, 5.74) is 6.75. The maximum Gasteiger partial charge on any atom is 0.241 e. The first kappa shape index (κ1) is 8.76. The van der Waals surface area contributed by atoms with Gasteiger partial charge in [0.25, 0.3) is 0 Å². The second kappa shape index (κ2) is 2.74. The molecule has 1 aliphatic heterocycles. The van der Waals surface area contributed by atoms with Gasteiger partial charge in [-0.15, -0.1) is 0 Å². The fourth-order valence-corrected chi connectivity index (χ4v) is 2.08. The van der Waals surface area contributed by atoms with Crippen molar-refractivity contribution in [3.8, 4) is 5.88 Å². The van der Waals surface area contributed by atoms with Gasteiger partial charge in [-0.1, -0.05) is 0 Å². The molecule has 0 aromatic carbocycles. The number of ether oxygens (including phenoxy) is 1. The molecule has 80 valence electrons. The minimum Gasteiger partial charge on any atom is -0.479 e. The van der Waals surface area contributed by atoms with Crippen LogP contribution in [0.3, 0.4) is 0 Å². The minimum absolute atomic E-state index is 0.469. The van der Waals surface area contributed by atoms with Gasteiger partial charge in [-0.05, 0) is 12.8 Å². The first-order valence-electron chi connectivity index (χ1n) is 5.14. The number of nitrogen functional groups attached to an aromatic ring is 1. The van der Waals surface area contributed by atoms with Crippen LogP contribution in [0, 0.1) is 5.41 Å². The SMILES string of the molecule is COc1nc(N2CC3(CC3)C2)ncc1N. The molecule has 2 heterocycles. The van der Waals surface area contributed by atoms with E-state index in [-0.39, 0.29) is 0 Å². The molecule has 1 aromatic heterocycles. The van der Waals surface area contributed by atoms with Crippen LogP contribution in [0.4, 0.5) is 11.6 Å². The molecule has 1 saturated heterocycles. The summed E-state index contributed by atoms with van der Waals surface area (Å²) < 4.78 is 5.07. The number of anilines is 2. The van der Waals surface area contributed by atoms with Crippen LogP contribution in [0.2, 0.25) is 0 Å². The van der Waals surface area contributed by atoms with Crippen LogP contribution < -0.4 is 15.4 Å². The van der Waals surface area contributed by atoms with Crippen LogP contribution in [0.1, 0.15) is 12.8 Å². The van der Waals surface area contributed by atoms with Crippen molar-refractivity contribution in [3.05, 3.63) is 6.20 Å². The number of nitrogens with zero attached hydrogens (tertiary/aromatic N) is 3. The molecule has 1 aliphatic carbocycles. The molecule has 15 heavy (non-hydrogen) atoms. The molecule has 1 spiro atoms. The average molecular weight is 206 g/mol. The van der Waals surface area contributed by atoms with Crippen LogP contribution >= 0.6 is 0 Å². The van der Waals surface area contributed by atoms with E-state index in [0.717, 1.165) is 19.0 Å². The van der Waals surface area contributed by atoms with Crippen LogP contribution in [0.5, 0.6) is 5.88 Å². The lowest BCUT2D eigenvalue weighted by molar-refractivity contribution is 0.371. The van der Waals surface area contributed by atoms with Gasteiger partial charge < -0.3 is 15.4 Å². The lowest BCUT2D eigenvalue weighted by Gasteiger charge is -2.39. The van der Waals surface area contributed by atoms with Gasteiger partial charge in [-0.2, -0.15) is 4.98 Å². The van der Waals surface area contributed by atoms with Gasteiger partial charge in [0.05, 0.1) is 13.3 Å². The predicted molar refractivity (Wildman–Crippen MR) is 56.9 cm³/mol. The summed E-state index contributed by atoms with van der Waals surface area (Å²) in [6.07, 6.45) is 4.32. The normalized spacial score (nSPS) is 21.3. The minimum atomic E-state index is 0.469. The third-order valence-electron chi connectivity index (χ3n) is 3.25. The quantitative estimate of drug-likeness (QED) is 0.770. The maximum atomic E-state index is 5.66. The van der Waals surface area contributed by atoms with Crippen LogP contribution in [-0.2, 0) is 0 Å². The highest BCUT2D eigenvalue weighted by Crippen LogP contribution is 2.53. The van der Waals surface area contributed by atoms with Crippen LogP contribution in [0.25, 0.3) is 0 Å². The van der Waals surface area contributed by atoms with Crippen molar-refractivity contribution in [2.24, 2.45) is 5.41 Å². The molecule has 2 N–H and O–H groups in total. The molecule has 2 aliphatic rings. The first-order valence-corrected chi connectivity index (χ1v) is 5.14. The second-order valence-electron chi connectivity index (χ2n) is 4.49. The fourth-order valence-electron chi connectivity index (χ4n) is 2.08. The van der Waals surface area contributed by atoms with E-state index in [1.165, 1.54) is 12.8 Å². The fraction of sp³-hybridized carbons (Fsp3) is 0.600. The van der Waals surface area contributed by atoms with Crippen LogP contribution in [0.15, 0.2) is 6.20 Å². The van der Waals surface area contributed by atoms with Crippen molar-refractivity contribution in [2.45, 2.75) is 12.8 Å². The number of methoxy groups -OCH3 is 1. The monoisotopic (exact) mass is 206 g/mol. The van der Waals surface area contributed by atoms with Crippen LogP contribution in [-0.4, -0.2) is 30.2 Å². The summed E-state index contributed by atoms with van der Waals surface area (Å²) in [4.78, 5) is 10.7. The molecule has 2 fully saturated rings.